The fraction of sp³-hybridized carbons (Fsp3) is 0.273. The first-order valence-electron chi connectivity index (χ1n) is 9.55. The largest absolute Gasteiger partial charge is 0.352 e. The van der Waals surface area contributed by atoms with E-state index in [-0.39, 0.29) is 32.3 Å². The molecule has 2 aromatic carbocycles. The zero-order valence-corrected chi connectivity index (χ0v) is 20.1. The minimum absolute atomic E-state index is 0.0103. The molecule has 0 unspecified atom stereocenters. The van der Waals surface area contributed by atoms with Gasteiger partial charge in [0.25, 0.3) is 15.9 Å². The number of amidine groups is 1. The van der Waals surface area contributed by atoms with Crippen LogP contribution in [0.5, 0.6) is 0 Å². The molecule has 2 aromatic rings. The van der Waals surface area contributed by atoms with Crippen LogP contribution in [0, 0.1) is 11.2 Å². The molecule has 3 N–H and O–H groups in total. The van der Waals surface area contributed by atoms with Gasteiger partial charge in [0.15, 0.2) is 5.84 Å². The zero-order chi connectivity index (χ0) is 24.4. The lowest BCUT2D eigenvalue weighted by atomic mass is 9.87. The number of carbonyl (C=O) groups is 1. The predicted octanol–water partition coefficient (Wildman–Crippen LogP) is 4.20. The van der Waals surface area contributed by atoms with Gasteiger partial charge in [-0.05, 0) is 29.2 Å². The first-order chi connectivity index (χ1) is 14.7. The quantitative estimate of drug-likeness (QED) is 0.440. The number of anilines is 1. The molecule has 0 heterocycles. The molecule has 0 atom stereocenters. The summed E-state index contributed by atoms with van der Waals surface area (Å²) in [4.78, 5) is 12.9. The van der Waals surface area contributed by atoms with Crippen molar-refractivity contribution >= 4 is 44.8 Å². The normalized spacial score (nSPS) is 11.6. The van der Waals surface area contributed by atoms with E-state index < -0.39 is 27.6 Å². The Morgan fingerprint density at radius 1 is 1.19 bits per heavy atom. The molecule has 0 fully saturated rings. The Hall–Kier alpha value is -2.91. The van der Waals surface area contributed by atoms with Gasteiger partial charge >= 0.3 is 0 Å². The van der Waals surface area contributed by atoms with E-state index in [1.807, 2.05) is 20.8 Å². The molecule has 0 bridgehead atoms. The molecule has 0 aliphatic carbocycles. The van der Waals surface area contributed by atoms with Gasteiger partial charge in [0.1, 0.15) is 5.82 Å². The number of rotatable bonds is 5. The van der Waals surface area contributed by atoms with Crippen molar-refractivity contribution in [2.45, 2.75) is 31.1 Å². The minimum atomic E-state index is -4.08. The van der Waals surface area contributed by atoms with E-state index in [4.69, 9.17) is 17.0 Å². The van der Waals surface area contributed by atoms with E-state index in [1.54, 1.807) is 12.1 Å². The van der Waals surface area contributed by atoms with Crippen molar-refractivity contribution in [2.24, 2.45) is 0 Å². The SMILES string of the molecule is C=C(c1cc(Cl)c(F)cc1NS(=O)(=O)c1ccc(C(C)(C)C)cc1)N(C)C(=N)C(=O)NC. The summed E-state index contributed by atoms with van der Waals surface area (Å²) in [5.74, 6) is -1.96. The smallest absolute Gasteiger partial charge is 0.286 e. The van der Waals surface area contributed by atoms with Crippen molar-refractivity contribution in [1.82, 2.24) is 10.2 Å². The van der Waals surface area contributed by atoms with Gasteiger partial charge in [0, 0.05) is 31.4 Å². The number of benzene rings is 2. The number of halogens is 2. The van der Waals surface area contributed by atoms with Gasteiger partial charge in [-0.3, -0.25) is 14.9 Å². The summed E-state index contributed by atoms with van der Waals surface area (Å²) in [6.07, 6.45) is 0. The molecule has 0 aliphatic heterocycles. The number of nitrogens with zero attached hydrogens (tertiary/aromatic N) is 1. The van der Waals surface area contributed by atoms with Crippen molar-refractivity contribution < 1.29 is 17.6 Å². The Morgan fingerprint density at radius 3 is 2.25 bits per heavy atom. The Balaban J connectivity index is 2.47. The van der Waals surface area contributed by atoms with Crippen LogP contribution in [0.2, 0.25) is 5.02 Å². The predicted molar refractivity (Wildman–Crippen MR) is 126 cm³/mol. The fourth-order valence-electron chi connectivity index (χ4n) is 2.79. The molecule has 172 valence electrons. The van der Waals surface area contributed by atoms with Crippen molar-refractivity contribution in [3.8, 4) is 0 Å². The lowest BCUT2D eigenvalue weighted by Gasteiger charge is -2.24. The maximum Gasteiger partial charge on any atom is 0.286 e. The number of sulfonamides is 1. The van der Waals surface area contributed by atoms with Gasteiger partial charge in [0.05, 0.1) is 15.6 Å². The standard InChI is InChI=1S/C22H26ClFN4O3S/c1-13(28(6)20(25)21(29)26-5)16-11-17(23)18(24)12-19(16)27-32(30,31)15-9-7-14(8-10-15)22(2,3)4/h7-12,25,27H,1H2,2-6H3,(H,26,29). The minimum Gasteiger partial charge on any atom is -0.352 e. The molecule has 1 amide bonds. The topological polar surface area (TPSA) is 102 Å². The molecule has 0 aromatic heterocycles. The average Bonchev–Trinajstić information content (AvgIpc) is 2.73. The summed E-state index contributed by atoms with van der Waals surface area (Å²) in [5.41, 5.74) is 0.856. The van der Waals surface area contributed by atoms with E-state index in [1.165, 1.54) is 32.3 Å². The monoisotopic (exact) mass is 480 g/mol. The lowest BCUT2D eigenvalue weighted by molar-refractivity contribution is -0.114. The molecule has 0 saturated heterocycles. The molecule has 0 spiro atoms. The summed E-state index contributed by atoms with van der Waals surface area (Å²) < 4.78 is 42.5. The third-order valence-electron chi connectivity index (χ3n) is 4.83. The number of carbonyl (C=O) groups excluding carboxylic acids is 1. The number of hydrogen-bond acceptors (Lipinski definition) is 4. The highest BCUT2D eigenvalue weighted by molar-refractivity contribution is 7.92. The van der Waals surface area contributed by atoms with Crippen molar-refractivity contribution in [1.29, 1.82) is 5.41 Å². The first-order valence-corrected chi connectivity index (χ1v) is 11.4. The van der Waals surface area contributed by atoms with Crippen LogP contribution in [0.3, 0.4) is 0 Å². The van der Waals surface area contributed by atoms with Crippen LogP contribution in [-0.4, -0.2) is 39.2 Å². The van der Waals surface area contributed by atoms with Crippen LogP contribution in [0.15, 0.2) is 47.9 Å². The average molecular weight is 481 g/mol. The summed E-state index contributed by atoms with van der Waals surface area (Å²) >= 11 is 5.91. The van der Waals surface area contributed by atoms with E-state index in [0.717, 1.165) is 16.5 Å². The number of likely N-dealkylation sites (N-methyl/N-ethyl adjacent to an activating group) is 2. The molecular formula is C22H26ClFN4O3S. The van der Waals surface area contributed by atoms with Crippen LogP contribution in [0.4, 0.5) is 10.1 Å². The second-order valence-electron chi connectivity index (χ2n) is 8.13. The van der Waals surface area contributed by atoms with Crippen molar-refractivity contribution in [3.05, 3.63) is 64.9 Å². The summed E-state index contributed by atoms with van der Waals surface area (Å²) in [6, 6.07) is 8.49. The number of nitrogens with one attached hydrogen (secondary N) is 3. The molecular weight excluding hydrogens is 455 g/mol. The lowest BCUT2D eigenvalue weighted by Crippen LogP contribution is -2.38. The summed E-state index contributed by atoms with van der Waals surface area (Å²) in [7, 11) is -1.31. The maximum absolute atomic E-state index is 14.2. The van der Waals surface area contributed by atoms with E-state index in [9.17, 15) is 17.6 Å². The Labute approximate surface area is 192 Å². The van der Waals surface area contributed by atoms with Crippen LogP contribution >= 0.6 is 11.6 Å². The highest BCUT2D eigenvalue weighted by Gasteiger charge is 2.23. The molecule has 32 heavy (non-hydrogen) atoms. The Morgan fingerprint density at radius 2 is 1.75 bits per heavy atom. The van der Waals surface area contributed by atoms with E-state index in [0.29, 0.717) is 0 Å². The molecule has 0 radical (unpaired) electrons. The van der Waals surface area contributed by atoms with Gasteiger partial charge in [-0.1, -0.05) is 51.1 Å². The zero-order valence-electron chi connectivity index (χ0n) is 18.5. The van der Waals surface area contributed by atoms with Gasteiger partial charge in [-0.2, -0.15) is 0 Å². The third-order valence-corrected chi connectivity index (χ3v) is 6.50. The maximum atomic E-state index is 14.2. The molecule has 0 aliphatic rings. The van der Waals surface area contributed by atoms with E-state index in [2.05, 4.69) is 16.6 Å². The highest BCUT2D eigenvalue weighted by atomic mass is 35.5. The molecule has 7 nitrogen and oxygen atoms in total. The summed E-state index contributed by atoms with van der Waals surface area (Å²) in [6.45, 7) is 9.85. The van der Waals surface area contributed by atoms with Gasteiger partial charge < -0.3 is 10.2 Å². The van der Waals surface area contributed by atoms with Crippen LogP contribution < -0.4 is 10.0 Å². The van der Waals surface area contributed by atoms with Gasteiger partial charge in [0.2, 0.25) is 0 Å². The molecule has 10 heteroatoms. The second-order valence-corrected chi connectivity index (χ2v) is 10.2. The number of hydrogen-bond donors (Lipinski definition) is 3. The van der Waals surface area contributed by atoms with Crippen LogP contribution in [0.1, 0.15) is 31.9 Å². The summed E-state index contributed by atoms with van der Waals surface area (Å²) in [5, 5.41) is 9.99. The first kappa shape index (κ1) is 25.4. The molecule has 2 rings (SSSR count). The van der Waals surface area contributed by atoms with Crippen molar-refractivity contribution in [3.63, 3.8) is 0 Å². The van der Waals surface area contributed by atoms with E-state index >= 15 is 0 Å². The van der Waals surface area contributed by atoms with Crippen LogP contribution in [-0.2, 0) is 20.2 Å². The third kappa shape index (κ3) is 5.46. The van der Waals surface area contributed by atoms with Gasteiger partial charge in [-0.25, -0.2) is 12.8 Å². The number of amides is 1. The molecule has 0 saturated carbocycles. The van der Waals surface area contributed by atoms with Crippen LogP contribution in [0.25, 0.3) is 5.70 Å². The Kier molecular flexibility index (Phi) is 7.36. The van der Waals surface area contributed by atoms with Crippen molar-refractivity contribution in [2.75, 3.05) is 18.8 Å². The second kappa shape index (κ2) is 9.30. The highest BCUT2D eigenvalue weighted by Crippen LogP contribution is 2.32. The Bertz CT molecular complexity index is 1170. The fourth-order valence-corrected chi connectivity index (χ4v) is 4.03. The van der Waals surface area contributed by atoms with Gasteiger partial charge in [-0.15, -0.1) is 0 Å².